The van der Waals surface area contributed by atoms with Crippen LogP contribution in [0.5, 0.6) is 0 Å². The van der Waals surface area contributed by atoms with Crippen LogP contribution in [-0.4, -0.2) is 57.2 Å². The van der Waals surface area contributed by atoms with Crippen molar-refractivity contribution in [1.29, 1.82) is 0 Å². The van der Waals surface area contributed by atoms with Gasteiger partial charge in [-0.15, -0.1) is 0 Å². The molecule has 0 aromatic carbocycles. The minimum atomic E-state index is -0.257. The Hall–Kier alpha value is -0.450. The molecule has 1 atom stereocenters. The van der Waals surface area contributed by atoms with E-state index in [1.807, 2.05) is 0 Å². The molecule has 0 aromatic rings. The molecule has 4 heteroatoms. The Labute approximate surface area is 96.9 Å². The molecule has 0 saturated carbocycles. The van der Waals surface area contributed by atoms with E-state index in [1.54, 1.807) is 0 Å². The minimum absolute atomic E-state index is 0.257. The predicted octanol–water partition coefficient (Wildman–Crippen LogP) is 0.703. The van der Waals surface area contributed by atoms with E-state index >= 15 is 0 Å². The quantitative estimate of drug-likeness (QED) is 0.663. The number of aldehydes is 1. The van der Waals surface area contributed by atoms with E-state index in [0.29, 0.717) is 12.6 Å². The lowest BCUT2D eigenvalue weighted by Crippen LogP contribution is -2.44. The van der Waals surface area contributed by atoms with Crippen LogP contribution in [0.4, 0.5) is 0 Å². The molecule has 2 saturated heterocycles. The summed E-state index contributed by atoms with van der Waals surface area (Å²) in [6, 6.07) is 0.561. The fourth-order valence-corrected chi connectivity index (χ4v) is 2.63. The summed E-state index contributed by atoms with van der Waals surface area (Å²) in [4.78, 5) is 13.5. The third-order valence-corrected chi connectivity index (χ3v) is 3.76. The lowest BCUT2D eigenvalue weighted by Gasteiger charge is -2.35. The Bertz CT molecular complexity index is 232. The molecule has 0 radical (unpaired) electrons. The summed E-state index contributed by atoms with van der Waals surface area (Å²) in [5.74, 6) is 0. The second-order valence-corrected chi connectivity index (χ2v) is 5.04. The third kappa shape index (κ3) is 2.62. The van der Waals surface area contributed by atoms with Gasteiger partial charge in [0.1, 0.15) is 6.29 Å². The minimum Gasteiger partial charge on any atom is -0.381 e. The van der Waals surface area contributed by atoms with Crippen LogP contribution in [0.2, 0.25) is 0 Å². The first kappa shape index (κ1) is 12.0. The normalized spacial score (nSPS) is 32.1. The molecule has 0 N–H and O–H groups in total. The van der Waals surface area contributed by atoms with Gasteiger partial charge in [0, 0.05) is 32.4 Å². The zero-order chi connectivity index (χ0) is 11.4. The van der Waals surface area contributed by atoms with Crippen LogP contribution in [0.25, 0.3) is 0 Å². The first-order chi connectivity index (χ1) is 7.76. The summed E-state index contributed by atoms with van der Waals surface area (Å²) in [5, 5.41) is 0. The second-order valence-electron chi connectivity index (χ2n) is 5.04. The van der Waals surface area contributed by atoms with Gasteiger partial charge in [-0.3, -0.25) is 0 Å². The van der Waals surface area contributed by atoms with Gasteiger partial charge in [0.15, 0.2) is 0 Å². The monoisotopic (exact) mass is 227 g/mol. The number of nitrogens with zero attached hydrogens (tertiary/aromatic N) is 1. The molecule has 92 valence electrons. The van der Waals surface area contributed by atoms with Gasteiger partial charge < -0.3 is 19.2 Å². The smallest absolute Gasteiger partial charge is 0.129 e. The van der Waals surface area contributed by atoms with Crippen molar-refractivity contribution in [2.24, 2.45) is 5.41 Å². The van der Waals surface area contributed by atoms with Crippen LogP contribution in [0.15, 0.2) is 0 Å². The van der Waals surface area contributed by atoms with Crippen molar-refractivity contribution in [3.63, 3.8) is 0 Å². The Morgan fingerprint density at radius 1 is 1.31 bits per heavy atom. The first-order valence-corrected chi connectivity index (χ1v) is 6.08. The highest BCUT2D eigenvalue weighted by Gasteiger charge is 2.37. The summed E-state index contributed by atoms with van der Waals surface area (Å²) in [6.45, 7) is 3.82. The van der Waals surface area contributed by atoms with E-state index < -0.39 is 0 Å². The summed E-state index contributed by atoms with van der Waals surface area (Å²) in [6.07, 6.45) is 4.11. The van der Waals surface area contributed by atoms with Crippen molar-refractivity contribution in [3.8, 4) is 0 Å². The largest absolute Gasteiger partial charge is 0.381 e. The Balaban J connectivity index is 1.89. The summed E-state index contributed by atoms with van der Waals surface area (Å²) in [7, 11) is 2.11. The molecule has 2 fully saturated rings. The van der Waals surface area contributed by atoms with Gasteiger partial charge in [-0.05, 0) is 26.3 Å². The SMILES string of the molecule is CN(CC1(C=O)CCOC1)C1CCOCC1. The van der Waals surface area contributed by atoms with E-state index in [2.05, 4.69) is 11.9 Å². The number of ether oxygens (including phenoxy) is 2. The maximum absolute atomic E-state index is 11.2. The van der Waals surface area contributed by atoms with Crippen LogP contribution >= 0.6 is 0 Å². The van der Waals surface area contributed by atoms with Gasteiger partial charge in [-0.2, -0.15) is 0 Å². The zero-order valence-corrected chi connectivity index (χ0v) is 9.98. The maximum Gasteiger partial charge on any atom is 0.129 e. The molecule has 0 aliphatic carbocycles. The van der Waals surface area contributed by atoms with Gasteiger partial charge >= 0.3 is 0 Å². The zero-order valence-electron chi connectivity index (χ0n) is 9.98. The molecule has 0 bridgehead atoms. The van der Waals surface area contributed by atoms with E-state index in [4.69, 9.17) is 9.47 Å². The van der Waals surface area contributed by atoms with Crippen molar-refractivity contribution >= 4 is 6.29 Å². The lowest BCUT2D eigenvalue weighted by atomic mass is 9.88. The highest BCUT2D eigenvalue weighted by molar-refractivity contribution is 5.60. The number of rotatable bonds is 4. The topological polar surface area (TPSA) is 38.8 Å². The van der Waals surface area contributed by atoms with E-state index in [9.17, 15) is 4.79 Å². The van der Waals surface area contributed by atoms with Crippen LogP contribution in [0, 0.1) is 5.41 Å². The fraction of sp³-hybridized carbons (Fsp3) is 0.917. The van der Waals surface area contributed by atoms with Crippen LogP contribution < -0.4 is 0 Å². The Morgan fingerprint density at radius 3 is 2.62 bits per heavy atom. The van der Waals surface area contributed by atoms with Gasteiger partial charge in [-0.1, -0.05) is 0 Å². The molecular formula is C12H21NO3. The van der Waals surface area contributed by atoms with Gasteiger partial charge in [0.05, 0.1) is 12.0 Å². The van der Waals surface area contributed by atoms with E-state index in [0.717, 1.165) is 51.9 Å². The molecule has 0 spiro atoms. The highest BCUT2D eigenvalue weighted by Crippen LogP contribution is 2.28. The standard InChI is InChI=1S/C12H21NO3/c1-13(11-2-5-15-6-3-11)8-12(9-14)4-7-16-10-12/h9,11H,2-8,10H2,1H3. The molecule has 1 unspecified atom stereocenters. The van der Waals surface area contributed by atoms with Crippen LogP contribution in [-0.2, 0) is 14.3 Å². The summed E-state index contributed by atoms with van der Waals surface area (Å²) in [5.41, 5.74) is -0.257. The van der Waals surface area contributed by atoms with E-state index in [-0.39, 0.29) is 5.41 Å². The van der Waals surface area contributed by atoms with Crippen molar-refractivity contribution in [2.75, 3.05) is 40.0 Å². The molecule has 0 aromatic heterocycles. The molecule has 2 aliphatic rings. The highest BCUT2D eigenvalue weighted by atomic mass is 16.5. The van der Waals surface area contributed by atoms with Crippen LogP contribution in [0.3, 0.4) is 0 Å². The van der Waals surface area contributed by atoms with Crippen molar-refractivity contribution in [2.45, 2.75) is 25.3 Å². The van der Waals surface area contributed by atoms with Crippen molar-refractivity contribution < 1.29 is 14.3 Å². The summed E-state index contributed by atoms with van der Waals surface area (Å²) >= 11 is 0. The molecule has 2 heterocycles. The summed E-state index contributed by atoms with van der Waals surface area (Å²) < 4.78 is 10.7. The van der Waals surface area contributed by atoms with Gasteiger partial charge in [-0.25, -0.2) is 0 Å². The molecular weight excluding hydrogens is 206 g/mol. The van der Waals surface area contributed by atoms with Gasteiger partial charge in [0.2, 0.25) is 0 Å². The van der Waals surface area contributed by atoms with Gasteiger partial charge in [0.25, 0.3) is 0 Å². The fourth-order valence-electron chi connectivity index (χ4n) is 2.63. The predicted molar refractivity (Wildman–Crippen MR) is 60.4 cm³/mol. The maximum atomic E-state index is 11.2. The van der Waals surface area contributed by atoms with Crippen molar-refractivity contribution in [1.82, 2.24) is 4.90 Å². The third-order valence-electron chi connectivity index (χ3n) is 3.76. The average molecular weight is 227 g/mol. The number of carbonyl (C=O) groups excluding carboxylic acids is 1. The molecule has 4 nitrogen and oxygen atoms in total. The van der Waals surface area contributed by atoms with E-state index in [1.165, 1.54) is 0 Å². The average Bonchev–Trinajstić information content (AvgIpc) is 2.79. The lowest BCUT2D eigenvalue weighted by molar-refractivity contribution is -0.117. The van der Waals surface area contributed by atoms with Crippen LogP contribution in [0.1, 0.15) is 19.3 Å². The number of carbonyl (C=O) groups is 1. The molecule has 16 heavy (non-hydrogen) atoms. The first-order valence-electron chi connectivity index (χ1n) is 6.08. The Morgan fingerprint density at radius 2 is 2.06 bits per heavy atom. The van der Waals surface area contributed by atoms with Crippen molar-refractivity contribution in [3.05, 3.63) is 0 Å². The number of hydrogen-bond donors (Lipinski definition) is 0. The second kappa shape index (κ2) is 5.25. The Kier molecular flexibility index (Phi) is 3.95. The molecule has 2 rings (SSSR count). The molecule has 2 aliphatic heterocycles. The molecule has 0 amide bonds. The number of hydrogen-bond acceptors (Lipinski definition) is 4.